The number of rotatable bonds is 3. The molecule has 76 valence electrons. The van der Waals surface area contributed by atoms with E-state index in [0.717, 1.165) is 5.56 Å². The van der Waals surface area contributed by atoms with Crippen LogP contribution in [-0.4, -0.2) is 24.1 Å². The molecular formula is C9H11ClN2O2. The third kappa shape index (κ3) is 2.68. The molecule has 0 fully saturated rings. The van der Waals surface area contributed by atoms with Crippen LogP contribution in [0.25, 0.3) is 0 Å². The highest BCUT2D eigenvalue weighted by Gasteiger charge is 2.15. The largest absolute Gasteiger partial charge is 0.468 e. The first-order valence-electron chi connectivity index (χ1n) is 4.07. The molecule has 0 aliphatic carbocycles. The Bertz CT molecular complexity index is 330. The Kier molecular flexibility index (Phi) is 3.85. The number of esters is 1. The second-order valence-corrected chi connectivity index (χ2v) is 3.21. The van der Waals surface area contributed by atoms with Gasteiger partial charge in [-0.2, -0.15) is 0 Å². The van der Waals surface area contributed by atoms with E-state index in [9.17, 15) is 4.79 Å². The van der Waals surface area contributed by atoms with E-state index >= 15 is 0 Å². The molecule has 5 heteroatoms. The number of aromatic nitrogens is 1. The predicted octanol–water partition coefficient (Wildman–Crippen LogP) is 0.778. The molecule has 0 radical (unpaired) electrons. The lowest BCUT2D eigenvalue weighted by molar-refractivity contribution is -0.142. The maximum atomic E-state index is 11.0. The molecule has 0 saturated heterocycles. The molecule has 0 amide bonds. The van der Waals surface area contributed by atoms with Gasteiger partial charge in [0.25, 0.3) is 0 Å². The van der Waals surface area contributed by atoms with E-state index in [4.69, 9.17) is 17.3 Å². The van der Waals surface area contributed by atoms with Crippen LogP contribution in [0.3, 0.4) is 0 Å². The standard InChI is InChI=1S/C9H11ClN2O2/c1-14-9(13)8(11)4-6-2-3-12-5-7(6)10/h2-3,5,8H,4,11H2,1H3/t8-/m1/s1. The van der Waals surface area contributed by atoms with E-state index in [1.807, 2.05) is 0 Å². The van der Waals surface area contributed by atoms with Gasteiger partial charge < -0.3 is 10.5 Å². The van der Waals surface area contributed by atoms with Crippen molar-refractivity contribution in [3.63, 3.8) is 0 Å². The van der Waals surface area contributed by atoms with Crippen LogP contribution in [0.5, 0.6) is 0 Å². The maximum absolute atomic E-state index is 11.0. The van der Waals surface area contributed by atoms with Crippen molar-refractivity contribution < 1.29 is 9.53 Å². The molecule has 0 aliphatic heterocycles. The Morgan fingerprint density at radius 2 is 2.50 bits per heavy atom. The van der Waals surface area contributed by atoms with Gasteiger partial charge in [-0.15, -0.1) is 0 Å². The van der Waals surface area contributed by atoms with Gasteiger partial charge in [0.15, 0.2) is 0 Å². The molecule has 0 aromatic carbocycles. The summed E-state index contributed by atoms with van der Waals surface area (Å²) in [6.07, 6.45) is 3.47. The molecular weight excluding hydrogens is 204 g/mol. The van der Waals surface area contributed by atoms with Crippen molar-refractivity contribution in [1.82, 2.24) is 4.98 Å². The predicted molar refractivity (Wildman–Crippen MR) is 52.9 cm³/mol. The lowest BCUT2D eigenvalue weighted by Gasteiger charge is -2.09. The second-order valence-electron chi connectivity index (χ2n) is 2.80. The summed E-state index contributed by atoms with van der Waals surface area (Å²) in [5, 5.41) is 0.506. The smallest absolute Gasteiger partial charge is 0.322 e. The molecule has 1 aromatic rings. The lowest BCUT2D eigenvalue weighted by atomic mass is 10.1. The first-order chi connectivity index (χ1) is 6.65. The summed E-state index contributed by atoms with van der Waals surface area (Å²) in [7, 11) is 1.30. The number of pyridine rings is 1. The van der Waals surface area contributed by atoms with E-state index in [0.29, 0.717) is 11.4 Å². The quantitative estimate of drug-likeness (QED) is 0.756. The fraction of sp³-hybridized carbons (Fsp3) is 0.333. The minimum Gasteiger partial charge on any atom is -0.468 e. The fourth-order valence-corrected chi connectivity index (χ4v) is 1.24. The van der Waals surface area contributed by atoms with Gasteiger partial charge in [-0.3, -0.25) is 9.78 Å². The van der Waals surface area contributed by atoms with Crippen LogP contribution in [0, 0.1) is 0 Å². The van der Waals surface area contributed by atoms with Gasteiger partial charge in [-0.05, 0) is 18.1 Å². The number of nitrogens with two attached hydrogens (primary N) is 1. The number of halogens is 1. The minimum absolute atomic E-state index is 0.355. The van der Waals surface area contributed by atoms with Crippen LogP contribution in [0.4, 0.5) is 0 Å². The average molecular weight is 215 g/mol. The Morgan fingerprint density at radius 1 is 1.79 bits per heavy atom. The van der Waals surface area contributed by atoms with Crippen LogP contribution >= 0.6 is 11.6 Å². The number of hydrogen-bond acceptors (Lipinski definition) is 4. The Morgan fingerprint density at radius 3 is 3.07 bits per heavy atom. The molecule has 2 N–H and O–H groups in total. The van der Waals surface area contributed by atoms with Crippen LogP contribution < -0.4 is 5.73 Å². The first kappa shape index (κ1) is 10.9. The number of nitrogens with zero attached hydrogens (tertiary/aromatic N) is 1. The van der Waals surface area contributed by atoms with E-state index in [1.54, 1.807) is 12.3 Å². The summed E-state index contributed by atoms with van der Waals surface area (Å²) < 4.78 is 4.50. The van der Waals surface area contributed by atoms with Gasteiger partial charge in [0.1, 0.15) is 6.04 Å². The summed E-state index contributed by atoms with van der Waals surface area (Å²) in [5.74, 6) is -0.446. The molecule has 0 saturated carbocycles. The second kappa shape index (κ2) is 4.93. The van der Waals surface area contributed by atoms with Crippen molar-refractivity contribution in [1.29, 1.82) is 0 Å². The zero-order valence-electron chi connectivity index (χ0n) is 7.74. The first-order valence-corrected chi connectivity index (χ1v) is 4.44. The monoisotopic (exact) mass is 214 g/mol. The van der Waals surface area contributed by atoms with Crippen molar-refractivity contribution in [3.05, 3.63) is 29.0 Å². The summed E-state index contributed by atoms with van der Waals surface area (Å²) in [6, 6.07) is 1.05. The van der Waals surface area contributed by atoms with Crippen LogP contribution in [0.2, 0.25) is 5.02 Å². The molecule has 0 unspecified atom stereocenters. The van der Waals surface area contributed by atoms with E-state index in [-0.39, 0.29) is 0 Å². The Balaban J connectivity index is 2.69. The third-order valence-corrected chi connectivity index (χ3v) is 2.14. The summed E-state index contributed by atoms with van der Waals surface area (Å²) in [6.45, 7) is 0. The molecule has 1 aromatic heterocycles. The molecule has 0 bridgehead atoms. The molecule has 1 atom stereocenters. The van der Waals surface area contributed by atoms with Crippen LogP contribution in [0.15, 0.2) is 18.5 Å². The SMILES string of the molecule is COC(=O)[C@H](N)Cc1ccncc1Cl. The summed E-state index contributed by atoms with van der Waals surface area (Å²) in [4.78, 5) is 14.8. The fourth-order valence-electron chi connectivity index (χ4n) is 1.04. The summed E-state index contributed by atoms with van der Waals surface area (Å²) in [5.41, 5.74) is 6.37. The van der Waals surface area contributed by atoms with E-state index in [1.165, 1.54) is 13.3 Å². The van der Waals surface area contributed by atoms with E-state index in [2.05, 4.69) is 9.72 Å². The maximum Gasteiger partial charge on any atom is 0.322 e. The number of ether oxygens (including phenoxy) is 1. The van der Waals surface area contributed by atoms with Crippen LogP contribution in [0.1, 0.15) is 5.56 Å². The normalized spacial score (nSPS) is 12.2. The van der Waals surface area contributed by atoms with Gasteiger partial charge in [0, 0.05) is 12.4 Å². The Labute approximate surface area is 87.0 Å². The summed E-state index contributed by atoms with van der Waals surface area (Å²) >= 11 is 5.85. The lowest BCUT2D eigenvalue weighted by Crippen LogP contribution is -2.33. The number of hydrogen-bond donors (Lipinski definition) is 1. The molecule has 0 aliphatic rings. The van der Waals surface area contributed by atoms with Gasteiger partial charge in [0.05, 0.1) is 12.1 Å². The van der Waals surface area contributed by atoms with Gasteiger partial charge in [-0.25, -0.2) is 0 Å². The third-order valence-electron chi connectivity index (χ3n) is 1.80. The molecule has 14 heavy (non-hydrogen) atoms. The van der Waals surface area contributed by atoms with Crippen molar-refractivity contribution in [2.75, 3.05) is 7.11 Å². The van der Waals surface area contributed by atoms with Gasteiger partial charge >= 0.3 is 5.97 Å². The van der Waals surface area contributed by atoms with E-state index < -0.39 is 12.0 Å². The topological polar surface area (TPSA) is 65.2 Å². The number of carbonyl (C=O) groups is 1. The highest BCUT2D eigenvalue weighted by atomic mass is 35.5. The average Bonchev–Trinajstić information content (AvgIpc) is 2.20. The number of carbonyl (C=O) groups excluding carboxylic acids is 1. The molecule has 0 spiro atoms. The van der Waals surface area contributed by atoms with Crippen molar-refractivity contribution in [2.45, 2.75) is 12.5 Å². The van der Waals surface area contributed by atoms with Crippen LogP contribution in [-0.2, 0) is 16.0 Å². The van der Waals surface area contributed by atoms with Crippen molar-refractivity contribution in [2.24, 2.45) is 5.73 Å². The highest BCUT2D eigenvalue weighted by molar-refractivity contribution is 6.31. The van der Waals surface area contributed by atoms with Crippen molar-refractivity contribution in [3.8, 4) is 0 Å². The molecule has 1 heterocycles. The zero-order chi connectivity index (χ0) is 10.6. The molecule has 4 nitrogen and oxygen atoms in total. The Hall–Kier alpha value is -1.13. The van der Waals surface area contributed by atoms with Gasteiger partial charge in [-0.1, -0.05) is 11.6 Å². The van der Waals surface area contributed by atoms with Gasteiger partial charge in [0.2, 0.25) is 0 Å². The molecule has 1 rings (SSSR count). The highest BCUT2D eigenvalue weighted by Crippen LogP contribution is 2.14. The number of methoxy groups -OCH3 is 1. The zero-order valence-corrected chi connectivity index (χ0v) is 8.49. The minimum atomic E-state index is -0.681. The van der Waals surface area contributed by atoms with Crippen molar-refractivity contribution >= 4 is 17.6 Å².